The molecule has 0 aromatic carbocycles. The van der Waals surface area contributed by atoms with Gasteiger partial charge in [0.1, 0.15) is 0 Å². The first-order valence-corrected chi connectivity index (χ1v) is 11.1. The summed E-state index contributed by atoms with van der Waals surface area (Å²) in [6, 6.07) is 4.17. The van der Waals surface area contributed by atoms with Gasteiger partial charge in [-0.25, -0.2) is 8.42 Å². The zero-order chi connectivity index (χ0) is 17.2. The number of thiophene rings is 1. The van der Waals surface area contributed by atoms with Gasteiger partial charge in [0.2, 0.25) is 5.91 Å². The highest BCUT2D eigenvalue weighted by Crippen LogP contribution is 2.30. The molecule has 26 heavy (non-hydrogen) atoms. The summed E-state index contributed by atoms with van der Waals surface area (Å²) in [5.74, 6) is -0.192. The number of nitrogens with zero attached hydrogens (tertiary/aromatic N) is 2. The number of piperidine rings is 1. The van der Waals surface area contributed by atoms with Gasteiger partial charge in [-0.15, -0.1) is 36.2 Å². The standard InChI is InChI=1S/C16H25N3O3S2.2ClH/c1-24(21,22)16(4-6-17-7-5-16)15(20)19-10-8-18(9-11-19)13-14-3-2-12-23-14;;/h2-3,12,17H,4-11,13H2,1H3;2*1H. The fourth-order valence-corrected chi connectivity index (χ4v) is 5.73. The molecule has 1 amide bonds. The Morgan fingerprint density at radius 3 is 2.31 bits per heavy atom. The van der Waals surface area contributed by atoms with E-state index < -0.39 is 14.6 Å². The summed E-state index contributed by atoms with van der Waals surface area (Å²) in [4.78, 5) is 18.5. The highest BCUT2D eigenvalue weighted by molar-refractivity contribution is 7.92. The van der Waals surface area contributed by atoms with E-state index in [1.54, 1.807) is 16.2 Å². The highest BCUT2D eigenvalue weighted by Gasteiger charge is 2.50. The van der Waals surface area contributed by atoms with E-state index in [0.29, 0.717) is 39.0 Å². The van der Waals surface area contributed by atoms with Gasteiger partial charge in [0.25, 0.3) is 0 Å². The van der Waals surface area contributed by atoms with Gasteiger partial charge in [-0.2, -0.15) is 0 Å². The van der Waals surface area contributed by atoms with Crippen molar-refractivity contribution >= 4 is 51.9 Å². The molecule has 1 N–H and O–H groups in total. The van der Waals surface area contributed by atoms with Crippen LogP contribution in [-0.4, -0.2) is 74.4 Å². The van der Waals surface area contributed by atoms with Crippen LogP contribution in [0.25, 0.3) is 0 Å². The second-order valence-corrected chi connectivity index (χ2v) is 10.0. The van der Waals surface area contributed by atoms with E-state index in [-0.39, 0.29) is 30.7 Å². The number of sulfone groups is 1. The number of hydrogen-bond donors (Lipinski definition) is 1. The number of nitrogens with one attached hydrogen (secondary N) is 1. The van der Waals surface area contributed by atoms with Gasteiger partial charge < -0.3 is 10.2 Å². The first-order chi connectivity index (χ1) is 11.4. The summed E-state index contributed by atoms with van der Waals surface area (Å²) in [6.45, 7) is 4.86. The number of carbonyl (C=O) groups excluding carboxylic acids is 1. The zero-order valence-electron chi connectivity index (χ0n) is 14.8. The lowest BCUT2D eigenvalue weighted by atomic mass is 9.95. The molecule has 3 rings (SSSR count). The van der Waals surface area contributed by atoms with Gasteiger partial charge in [0.15, 0.2) is 14.6 Å². The van der Waals surface area contributed by atoms with E-state index >= 15 is 0 Å². The van der Waals surface area contributed by atoms with Crippen LogP contribution in [-0.2, 0) is 21.2 Å². The molecule has 0 atom stereocenters. The maximum Gasteiger partial charge on any atom is 0.244 e. The predicted octanol–water partition coefficient (Wildman–Crippen LogP) is 1.40. The third-order valence-corrected chi connectivity index (χ3v) is 7.99. The second kappa shape index (κ2) is 9.71. The maximum atomic E-state index is 13.0. The normalized spacial score (nSPS) is 20.7. The van der Waals surface area contributed by atoms with Crippen molar-refractivity contribution in [2.24, 2.45) is 0 Å². The Balaban J connectivity index is 0.00000169. The topological polar surface area (TPSA) is 69.7 Å². The van der Waals surface area contributed by atoms with Crippen molar-refractivity contribution < 1.29 is 13.2 Å². The Kier molecular flexibility index (Phi) is 8.83. The smallest absolute Gasteiger partial charge is 0.244 e. The van der Waals surface area contributed by atoms with Crippen LogP contribution in [0.4, 0.5) is 0 Å². The first kappa shape index (κ1) is 23.7. The van der Waals surface area contributed by atoms with Gasteiger partial charge in [0, 0.05) is 43.9 Å². The summed E-state index contributed by atoms with van der Waals surface area (Å²) in [6.07, 6.45) is 1.96. The van der Waals surface area contributed by atoms with Gasteiger partial charge in [-0.1, -0.05) is 6.07 Å². The molecule has 10 heteroatoms. The molecule has 0 saturated carbocycles. The van der Waals surface area contributed by atoms with Crippen molar-refractivity contribution in [2.45, 2.75) is 24.1 Å². The monoisotopic (exact) mass is 443 g/mol. The lowest BCUT2D eigenvalue weighted by Crippen LogP contribution is -2.61. The highest BCUT2D eigenvalue weighted by atomic mass is 35.5. The molecule has 0 aliphatic carbocycles. The van der Waals surface area contributed by atoms with Gasteiger partial charge in [-0.3, -0.25) is 9.69 Å². The summed E-state index contributed by atoms with van der Waals surface area (Å²) >= 11 is 1.74. The molecule has 150 valence electrons. The van der Waals surface area contributed by atoms with Crippen LogP contribution in [0.15, 0.2) is 17.5 Å². The average Bonchev–Trinajstić information content (AvgIpc) is 3.07. The number of piperazine rings is 1. The van der Waals surface area contributed by atoms with Gasteiger partial charge in [-0.05, 0) is 37.4 Å². The number of rotatable bonds is 4. The molecule has 1 aromatic heterocycles. The molecule has 3 heterocycles. The average molecular weight is 444 g/mol. The second-order valence-electron chi connectivity index (χ2n) is 6.66. The molecular weight excluding hydrogens is 417 g/mol. The molecule has 0 radical (unpaired) electrons. The third-order valence-electron chi connectivity index (χ3n) is 5.13. The number of halogens is 2. The Morgan fingerprint density at radius 2 is 1.81 bits per heavy atom. The van der Waals surface area contributed by atoms with Crippen LogP contribution in [0.2, 0.25) is 0 Å². The third kappa shape index (κ3) is 4.91. The van der Waals surface area contributed by atoms with E-state index in [9.17, 15) is 13.2 Å². The summed E-state index contributed by atoms with van der Waals surface area (Å²) in [5, 5.41) is 5.23. The van der Waals surface area contributed by atoms with Crippen molar-refractivity contribution in [3.05, 3.63) is 22.4 Å². The summed E-state index contributed by atoms with van der Waals surface area (Å²) in [7, 11) is -3.43. The number of carbonyl (C=O) groups is 1. The van der Waals surface area contributed by atoms with E-state index in [1.807, 2.05) is 6.07 Å². The molecule has 2 saturated heterocycles. The van der Waals surface area contributed by atoms with Gasteiger partial charge >= 0.3 is 0 Å². The Bertz CT molecular complexity index is 669. The lowest BCUT2D eigenvalue weighted by molar-refractivity contribution is -0.136. The minimum atomic E-state index is -3.43. The van der Waals surface area contributed by atoms with Crippen molar-refractivity contribution in [2.75, 3.05) is 45.5 Å². The molecule has 0 unspecified atom stereocenters. The lowest BCUT2D eigenvalue weighted by Gasteiger charge is -2.41. The predicted molar refractivity (Wildman–Crippen MR) is 110 cm³/mol. The molecule has 1 aromatic rings. The van der Waals surface area contributed by atoms with Crippen molar-refractivity contribution in [3.63, 3.8) is 0 Å². The molecule has 0 bridgehead atoms. The Hall–Kier alpha value is -0.380. The van der Waals surface area contributed by atoms with Crippen molar-refractivity contribution in [1.29, 1.82) is 0 Å². The van der Waals surface area contributed by atoms with Crippen LogP contribution in [0.3, 0.4) is 0 Å². The van der Waals surface area contributed by atoms with Crippen LogP contribution >= 0.6 is 36.2 Å². The van der Waals surface area contributed by atoms with E-state index in [2.05, 4.69) is 21.7 Å². The largest absolute Gasteiger partial charge is 0.339 e. The van der Waals surface area contributed by atoms with E-state index in [1.165, 1.54) is 11.1 Å². The van der Waals surface area contributed by atoms with Crippen molar-refractivity contribution in [3.8, 4) is 0 Å². The summed E-state index contributed by atoms with van der Waals surface area (Å²) in [5.41, 5.74) is 0. The fourth-order valence-electron chi connectivity index (χ4n) is 3.59. The van der Waals surface area contributed by atoms with Crippen LogP contribution in [0.1, 0.15) is 17.7 Å². The van der Waals surface area contributed by atoms with E-state index in [0.717, 1.165) is 19.6 Å². The van der Waals surface area contributed by atoms with Crippen LogP contribution in [0.5, 0.6) is 0 Å². The summed E-state index contributed by atoms with van der Waals surface area (Å²) < 4.78 is 23.5. The zero-order valence-corrected chi connectivity index (χ0v) is 18.1. The van der Waals surface area contributed by atoms with Crippen LogP contribution < -0.4 is 5.32 Å². The molecule has 6 nitrogen and oxygen atoms in total. The molecular formula is C16H27Cl2N3O3S2. The number of hydrogen-bond acceptors (Lipinski definition) is 6. The molecule has 2 fully saturated rings. The molecule has 2 aliphatic rings. The fraction of sp³-hybridized carbons (Fsp3) is 0.688. The molecule has 2 aliphatic heterocycles. The Labute approximate surface area is 172 Å². The molecule has 0 spiro atoms. The maximum absolute atomic E-state index is 13.0. The van der Waals surface area contributed by atoms with E-state index in [4.69, 9.17) is 0 Å². The Morgan fingerprint density at radius 1 is 1.19 bits per heavy atom. The van der Waals surface area contributed by atoms with Crippen molar-refractivity contribution in [1.82, 2.24) is 15.1 Å². The van der Waals surface area contributed by atoms with Crippen LogP contribution in [0, 0.1) is 0 Å². The van der Waals surface area contributed by atoms with Gasteiger partial charge in [0.05, 0.1) is 0 Å². The SMILES string of the molecule is CS(=O)(=O)C1(C(=O)N2CCN(Cc3cccs3)CC2)CCNCC1.Cl.Cl. The minimum absolute atomic E-state index is 0. The first-order valence-electron chi connectivity index (χ1n) is 8.37. The number of amides is 1. The minimum Gasteiger partial charge on any atom is -0.339 e. The quantitative estimate of drug-likeness (QED) is 0.761.